The molecule has 0 spiro atoms. The minimum Gasteiger partial charge on any atom is -0.508 e. The lowest BCUT2D eigenvalue weighted by Gasteiger charge is -2.26. The molecule has 0 bridgehead atoms. The fourth-order valence-corrected chi connectivity index (χ4v) is 5.31. The Kier molecular flexibility index (Phi) is 8.60. The summed E-state index contributed by atoms with van der Waals surface area (Å²) in [4.78, 5) is 26.2. The van der Waals surface area contributed by atoms with Crippen LogP contribution in [-0.2, 0) is 16.0 Å². The molecule has 190 valence electrons. The SMILES string of the molecule is COc1ccccc1C1CC(=O)C=C(N/C(C)=C(\Cc2cccc(O)c2)C(=O)C[C@H]2CCCNC2)C1. The third-order valence-electron chi connectivity index (χ3n) is 7.13. The second kappa shape index (κ2) is 12.0. The van der Waals surface area contributed by atoms with E-state index >= 15 is 0 Å². The first kappa shape index (κ1) is 25.7. The van der Waals surface area contributed by atoms with Gasteiger partial charge in [0.1, 0.15) is 11.5 Å². The fourth-order valence-electron chi connectivity index (χ4n) is 5.31. The van der Waals surface area contributed by atoms with E-state index in [1.807, 2.05) is 37.3 Å². The molecule has 2 atom stereocenters. The molecule has 4 rings (SSSR count). The first-order valence-corrected chi connectivity index (χ1v) is 12.8. The van der Waals surface area contributed by atoms with Crippen molar-refractivity contribution in [3.8, 4) is 11.5 Å². The largest absolute Gasteiger partial charge is 0.508 e. The third-order valence-corrected chi connectivity index (χ3v) is 7.13. The number of phenolic OH excluding ortho intramolecular Hbond substituents is 1. The van der Waals surface area contributed by atoms with Crippen molar-refractivity contribution in [3.63, 3.8) is 0 Å². The highest BCUT2D eigenvalue weighted by Crippen LogP contribution is 2.36. The summed E-state index contributed by atoms with van der Waals surface area (Å²) in [5.74, 6) is 1.46. The molecule has 0 amide bonds. The summed E-state index contributed by atoms with van der Waals surface area (Å²) >= 11 is 0. The Labute approximate surface area is 213 Å². The molecule has 1 unspecified atom stereocenters. The van der Waals surface area contributed by atoms with Crippen molar-refractivity contribution < 1.29 is 19.4 Å². The number of ether oxygens (including phenoxy) is 1. The van der Waals surface area contributed by atoms with Crippen LogP contribution in [0.2, 0.25) is 0 Å². The predicted octanol–water partition coefficient (Wildman–Crippen LogP) is 4.80. The highest BCUT2D eigenvalue weighted by molar-refractivity contribution is 5.97. The van der Waals surface area contributed by atoms with Gasteiger partial charge in [-0.05, 0) is 74.5 Å². The number of hydrogen-bond donors (Lipinski definition) is 3. The maximum absolute atomic E-state index is 13.5. The number of aromatic hydroxyl groups is 1. The smallest absolute Gasteiger partial charge is 0.161 e. The Hall–Kier alpha value is -3.38. The maximum atomic E-state index is 13.5. The van der Waals surface area contributed by atoms with E-state index in [2.05, 4.69) is 10.6 Å². The summed E-state index contributed by atoms with van der Waals surface area (Å²) in [7, 11) is 1.65. The van der Waals surface area contributed by atoms with E-state index in [0.29, 0.717) is 37.2 Å². The van der Waals surface area contributed by atoms with Crippen LogP contribution in [0.1, 0.15) is 56.1 Å². The maximum Gasteiger partial charge on any atom is 0.161 e. The molecule has 1 aliphatic carbocycles. The Morgan fingerprint density at radius 2 is 2.00 bits per heavy atom. The van der Waals surface area contributed by atoms with E-state index in [1.165, 1.54) is 0 Å². The highest BCUT2D eigenvalue weighted by Gasteiger charge is 2.26. The third kappa shape index (κ3) is 6.64. The minimum absolute atomic E-state index is 0.00693. The Balaban J connectivity index is 1.58. The average molecular weight is 489 g/mol. The number of nitrogens with one attached hydrogen (secondary N) is 2. The second-order valence-electron chi connectivity index (χ2n) is 9.90. The quantitative estimate of drug-likeness (QED) is 0.440. The molecule has 1 aliphatic heterocycles. The number of para-hydroxylation sites is 1. The Morgan fingerprint density at radius 1 is 1.17 bits per heavy atom. The van der Waals surface area contributed by atoms with Gasteiger partial charge in [0.25, 0.3) is 0 Å². The van der Waals surface area contributed by atoms with E-state index in [4.69, 9.17) is 4.74 Å². The van der Waals surface area contributed by atoms with Crippen LogP contribution in [0.5, 0.6) is 11.5 Å². The summed E-state index contributed by atoms with van der Waals surface area (Å²) in [6, 6.07) is 14.9. The van der Waals surface area contributed by atoms with Gasteiger partial charge in [-0.25, -0.2) is 0 Å². The lowest BCUT2D eigenvalue weighted by Crippen LogP contribution is -2.32. The number of carbonyl (C=O) groups excluding carboxylic acids is 2. The monoisotopic (exact) mass is 488 g/mol. The zero-order valence-corrected chi connectivity index (χ0v) is 21.2. The van der Waals surface area contributed by atoms with Crippen LogP contribution in [0.15, 0.2) is 71.6 Å². The van der Waals surface area contributed by atoms with Gasteiger partial charge < -0.3 is 20.5 Å². The molecule has 0 aromatic heterocycles. The first-order chi connectivity index (χ1) is 17.4. The van der Waals surface area contributed by atoms with Crippen LogP contribution in [0.25, 0.3) is 0 Å². The molecule has 1 saturated heterocycles. The van der Waals surface area contributed by atoms with E-state index < -0.39 is 0 Å². The highest BCUT2D eigenvalue weighted by atomic mass is 16.5. The van der Waals surface area contributed by atoms with Crippen molar-refractivity contribution in [1.29, 1.82) is 0 Å². The topological polar surface area (TPSA) is 87.7 Å². The Bertz CT molecular complexity index is 1160. The van der Waals surface area contributed by atoms with Crippen molar-refractivity contribution in [1.82, 2.24) is 10.6 Å². The van der Waals surface area contributed by atoms with E-state index in [9.17, 15) is 14.7 Å². The van der Waals surface area contributed by atoms with E-state index in [1.54, 1.807) is 31.4 Å². The Morgan fingerprint density at radius 3 is 2.75 bits per heavy atom. The number of Topliss-reactive ketones (excluding diaryl/α,β-unsaturated/α-hetero) is 1. The molecule has 1 heterocycles. The standard InChI is InChI=1S/C30H36N2O4/c1-20(32-24-16-23(17-26(34)18-24)27-10-3-4-11-30(27)36-2)28(14-21-7-5-9-25(33)13-21)29(35)15-22-8-6-12-31-19-22/h3-5,7,9-11,13,18,22-23,31-33H,6,8,12,14-17,19H2,1-2H3/b28-20+/t22-,23?/m1/s1. The van der Waals surface area contributed by atoms with Crippen LogP contribution in [0.4, 0.5) is 0 Å². The minimum atomic E-state index is 0.00693. The normalized spacial score (nSPS) is 20.8. The molecule has 0 saturated carbocycles. The number of rotatable bonds is 9. The van der Waals surface area contributed by atoms with Crippen LogP contribution in [0.3, 0.4) is 0 Å². The number of carbonyl (C=O) groups is 2. The summed E-state index contributed by atoms with van der Waals surface area (Å²) in [5, 5.41) is 16.8. The number of piperidine rings is 1. The van der Waals surface area contributed by atoms with Crippen LogP contribution in [0, 0.1) is 5.92 Å². The number of hydrogen-bond acceptors (Lipinski definition) is 6. The van der Waals surface area contributed by atoms with Crippen molar-refractivity contribution in [2.75, 3.05) is 20.2 Å². The van der Waals surface area contributed by atoms with Gasteiger partial charge >= 0.3 is 0 Å². The van der Waals surface area contributed by atoms with Gasteiger partial charge in [0.2, 0.25) is 0 Å². The van der Waals surface area contributed by atoms with Crippen LogP contribution in [-0.4, -0.2) is 36.9 Å². The molecule has 2 aliphatic rings. The molecule has 36 heavy (non-hydrogen) atoms. The predicted molar refractivity (Wildman–Crippen MR) is 141 cm³/mol. The number of benzene rings is 2. The summed E-state index contributed by atoms with van der Waals surface area (Å²) in [5.41, 5.74) is 4.15. The lowest BCUT2D eigenvalue weighted by molar-refractivity contribution is -0.117. The zero-order valence-electron chi connectivity index (χ0n) is 21.2. The van der Waals surface area contributed by atoms with E-state index in [0.717, 1.165) is 54.2 Å². The molecular formula is C30H36N2O4. The van der Waals surface area contributed by atoms with Gasteiger partial charge in [-0.15, -0.1) is 0 Å². The van der Waals surface area contributed by atoms with Gasteiger partial charge in [-0.2, -0.15) is 0 Å². The molecule has 1 fully saturated rings. The van der Waals surface area contributed by atoms with Crippen molar-refractivity contribution in [2.45, 2.75) is 51.4 Å². The van der Waals surface area contributed by atoms with E-state index in [-0.39, 0.29) is 23.2 Å². The van der Waals surface area contributed by atoms with Gasteiger partial charge in [-0.3, -0.25) is 9.59 Å². The zero-order chi connectivity index (χ0) is 25.5. The molecule has 0 radical (unpaired) electrons. The number of ketones is 2. The van der Waals surface area contributed by atoms with Gasteiger partial charge in [-0.1, -0.05) is 30.3 Å². The van der Waals surface area contributed by atoms with Crippen molar-refractivity contribution in [3.05, 3.63) is 82.7 Å². The van der Waals surface area contributed by atoms with Crippen LogP contribution >= 0.6 is 0 Å². The first-order valence-electron chi connectivity index (χ1n) is 12.8. The van der Waals surface area contributed by atoms with Gasteiger partial charge in [0, 0.05) is 48.2 Å². The molecule has 3 N–H and O–H groups in total. The summed E-state index contributed by atoms with van der Waals surface area (Å²) < 4.78 is 5.54. The number of allylic oxidation sites excluding steroid dienone is 4. The number of methoxy groups -OCH3 is 1. The molecular weight excluding hydrogens is 452 g/mol. The van der Waals surface area contributed by atoms with Crippen molar-refractivity contribution in [2.24, 2.45) is 5.92 Å². The summed E-state index contributed by atoms with van der Waals surface area (Å²) in [6.45, 7) is 3.78. The average Bonchev–Trinajstić information content (AvgIpc) is 2.87. The number of phenols is 1. The van der Waals surface area contributed by atoms with Gasteiger partial charge in [0.15, 0.2) is 11.6 Å². The van der Waals surface area contributed by atoms with Crippen molar-refractivity contribution >= 4 is 11.6 Å². The summed E-state index contributed by atoms with van der Waals surface area (Å²) in [6.07, 6.45) is 5.79. The van der Waals surface area contributed by atoms with Gasteiger partial charge in [0.05, 0.1) is 7.11 Å². The second-order valence-corrected chi connectivity index (χ2v) is 9.90. The lowest BCUT2D eigenvalue weighted by atomic mass is 9.84. The molecule has 2 aromatic carbocycles. The molecule has 6 heteroatoms. The fraction of sp³-hybridized carbons (Fsp3) is 0.400. The molecule has 2 aromatic rings. The molecule has 6 nitrogen and oxygen atoms in total. The van der Waals surface area contributed by atoms with Crippen LogP contribution < -0.4 is 15.4 Å².